The van der Waals surface area contributed by atoms with E-state index in [0.717, 1.165) is 10.0 Å². The molecule has 2 rings (SSSR count). The van der Waals surface area contributed by atoms with E-state index in [1.165, 1.54) is 0 Å². The molecule has 0 bridgehead atoms. The Morgan fingerprint density at radius 1 is 1.63 bits per heavy atom. The summed E-state index contributed by atoms with van der Waals surface area (Å²) in [5, 5.41) is 0.678. The molecule has 0 radical (unpaired) electrons. The average molecular weight is 348 g/mol. The number of carbonyl (C=O) groups is 1. The number of hydrogen-bond donors (Lipinski definition) is 1. The first-order valence-corrected chi connectivity index (χ1v) is 7.25. The van der Waals surface area contributed by atoms with Crippen LogP contribution in [0.3, 0.4) is 0 Å². The molecule has 4 nitrogen and oxygen atoms in total. The molecule has 1 aromatic carbocycles. The number of morpholine rings is 1. The van der Waals surface area contributed by atoms with Crippen LogP contribution in [0.25, 0.3) is 0 Å². The largest absolute Gasteiger partial charge is 0.375 e. The second-order valence-electron chi connectivity index (χ2n) is 4.63. The molecule has 6 heteroatoms. The minimum absolute atomic E-state index is 0.183. The van der Waals surface area contributed by atoms with Crippen molar-refractivity contribution < 1.29 is 9.53 Å². The Hall–Kier alpha value is -0.620. The van der Waals surface area contributed by atoms with Crippen molar-refractivity contribution in [1.29, 1.82) is 0 Å². The minimum Gasteiger partial charge on any atom is -0.375 e. The first-order chi connectivity index (χ1) is 8.99. The van der Waals surface area contributed by atoms with Gasteiger partial charge in [0.05, 0.1) is 12.7 Å². The normalized spacial score (nSPS) is 24.4. The van der Waals surface area contributed by atoms with Crippen molar-refractivity contribution in [2.75, 3.05) is 13.2 Å². The quantitative estimate of drug-likeness (QED) is 0.912. The van der Waals surface area contributed by atoms with Crippen LogP contribution in [0.4, 0.5) is 0 Å². The fourth-order valence-electron chi connectivity index (χ4n) is 2.34. The van der Waals surface area contributed by atoms with E-state index < -0.39 is 6.04 Å². The number of carbonyl (C=O) groups excluding carboxylic acids is 1. The van der Waals surface area contributed by atoms with Gasteiger partial charge in [0.1, 0.15) is 6.04 Å². The topological polar surface area (TPSA) is 55.6 Å². The summed E-state index contributed by atoms with van der Waals surface area (Å²) in [4.78, 5) is 13.6. The average Bonchev–Trinajstić information content (AvgIpc) is 2.32. The molecule has 0 unspecified atom stereocenters. The molecule has 104 valence electrons. The maximum atomic E-state index is 11.6. The number of hydrogen-bond acceptors (Lipinski definition) is 3. The van der Waals surface area contributed by atoms with Crippen LogP contribution in [0.1, 0.15) is 12.5 Å². The monoisotopic (exact) mass is 346 g/mol. The van der Waals surface area contributed by atoms with Gasteiger partial charge in [-0.3, -0.25) is 9.69 Å². The summed E-state index contributed by atoms with van der Waals surface area (Å²) < 4.78 is 6.43. The van der Waals surface area contributed by atoms with Crippen LogP contribution >= 0.6 is 27.5 Å². The van der Waals surface area contributed by atoms with E-state index >= 15 is 0 Å². The molecule has 0 aliphatic carbocycles. The van der Waals surface area contributed by atoms with Crippen molar-refractivity contribution in [1.82, 2.24) is 4.90 Å². The third-order valence-electron chi connectivity index (χ3n) is 3.28. The fraction of sp³-hybridized carbons (Fsp3) is 0.462. The third kappa shape index (κ3) is 3.48. The fourth-order valence-corrected chi connectivity index (χ4v) is 3.15. The first-order valence-electron chi connectivity index (χ1n) is 6.08. The molecule has 1 fully saturated rings. The SMILES string of the molecule is C[C@H]1OCCN(Cc2ccc(Cl)cc2Br)[C@@H]1C(N)=O. The smallest absolute Gasteiger partial charge is 0.237 e. The number of halogens is 2. The molecule has 0 aromatic heterocycles. The molecule has 1 heterocycles. The lowest BCUT2D eigenvalue weighted by atomic mass is 10.1. The lowest BCUT2D eigenvalue weighted by molar-refractivity contribution is -0.136. The molecular weight excluding hydrogens is 332 g/mol. The van der Waals surface area contributed by atoms with Crippen molar-refractivity contribution in [3.05, 3.63) is 33.3 Å². The Morgan fingerprint density at radius 2 is 2.37 bits per heavy atom. The highest BCUT2D eigenvalue weighted by atomic mass is 79.9. The van der Waals surface area contributed by atoms with Crippen molar-refractivity contribution in [3.63, 3.8) is 0 Å². The van der Waals surface area contributed by atoms with E-state index in [9.17, 15) is 4.79 Å². The second-order valence-corrected chi connectivity index (χ2v) is 5.92. The van der Waals surface area contributed by atoms with Crippen LogP contribution in [-0.2, 0) is 16.1 Å². The Balaban J connectivity index is 2.18. The van der Waals surface area contributed by atoms with Crippen LogP contribution in [-0.4, -0.2) is 36.1 Å². The summed E-state index contributed by atoms with van der Waals surface area (Å²) in [6, 6.07) is 5.24. The predicted molar refractivity (Wildman–Crippen MR) is 78.0 cm³/mol. The maximum absolute atomic E-state index is 11.6. The van der Waals surface area contributed by atoms with Gasteiger partial charge in [-0.05, 0) is 24.6 Å². The molecule has 1 aliphatic heterocycles. The Bertz CT molecular complexity index is 484. The zero-order valence-corrected chi connectivity index (χ0v) is 12.9. The molecule has 1 amide bonds. The third-order valence-corrected chi connectivity index (χ3v) is 4.25. The molecule has 19 heavy (non-hydrogen) atoms. The van der Waals surface area contributed by atoms with Gasteiger partial charge >= 0.3 is 0 Å². The predicted octanol–water partition coefficient (Wildman–Crippen LogP) is 2.18. The van der Waals surface area contributed by atoms with Gasteiger partial charge < -0.3 is 10.5 Å². The number of primary amides is 1. The summed E-state index contributed by atoms with van der Waals surface area (Å²) in [7, 11) is 0. The van der Waals surface area contributed by atoms with Gasteiger partial charge in [0, 0.05) is 22.6 Å². The van der Waals surface area contributed by atoms with E-state index in [2.05, 4.69) is 15.9 Å². The second kappa shape index (κ2) is 6.22. The van der Waals surface area contributed by atoms with Crippen LogP contribution in [0.5, 0.6) is 0 Å². The standard InChI is InChI=1S/C13H16BrClN2O2/c1-8-12(13(16)18)17(4-5-19-8)7-9-2-3-10(15)6-11(9)14/h2-3,6,8,12H,4-5,7H2,1H3,(H2,16,18)/t8-,12+/m1/s1. The van der Waals surface area contributed by atoms with Gasteiger partial charge in [0.15, 0.2) is 0 Å². The van der Waals surface area contributed by atoms with E-state index in [1.807, 2.05) is 30.0 Å². The minimum atomic E-state index is -0.392. The summed E-state index contributed by atoms with van der Waals surface area (Å²) in [5.74, 6) is -0.350. The molecule has 1 saturated heterocycles. The Morgan fingerprint density at radius 3 is 3.00 bits per heavy atom. The van der Waals surface area contributed by atoms with Crippen molar-refractivity contribution in [3.8, 4) is 0 Å². The zero-order valence-electron chi connectivity index (χ0n) is 10.6. The number of rotatable bonds is 3. The first kappa shape index (κ1) is 14.8. The van der Waals surface area contributed by atoms with Gasteiger partial charge in [0.25, 0.3) is 0 Å². The van der Waals surface area contributed by atoms with E-state index in [4.69, 9.17) is 22.1 Å². The van der Waals surface area contributed by atoms with Crippen LogP contribution < -0.4 is 5.73 Å². The lowest BCUT2D eigenvalue weighted by Crippen LogP contribution is -2.56. The number of nitrogens with two attached hydrogens (primary N) is 1. The Kier molecular flexibility index (Phi) is 4.84. The highest BCUT2D eigenvalue weighted by Crippen LogP contribution is 2.25. The van der Waals surface area contributed by atoms with Gasteiger partial charge in [0.2, 0.25) is 5.91 Å². The van der Waals surface area contributed by atoms with Crippen molar-refractivity contribution in [2.45, 2.75) is 25.6 Å². The number of amides is 1. The summed E-state index contributed by atoms with van der Waals surface area (Å²) in [6.45, 7) is 3.81. The molecule has 1 aromatic rings. The molecule has 0 spiro atoms. The van der Waals surface area contributed by atoms with Crippen LogP contribution in [0.15, 0.2) is 22.7 Å². The van der Waals surface area contributed by atoms with Crippen molar-refractivity contribution in [2.24, 2.45) is 5.73 Å². The summed E-state index contributed by atoms with van der Waals surface area (Å²) >= 11 is 9.41. The van der Waals surface area contributed by atoms with Gasteiger partial charge in [-0.1, -0.05) is 33.6 Å². The van der Waals surface area contributed by atoms with Crippen LogP contribution in [0.2, 0.25) is 5.02 Å². The van der Waals surface area contributed by atoms with Gasteiger partial charge in [-0.25, -0.2) is 0 Å². The van der Waals surface area contributed by atoms with Gasteiger partial charge in [-0.15, -0.1) is 0 Å². The van der Waals surface area contributed by atoms with E-state index in [1.54, 1.807) is 0 Å². The molecule has 1 aliphatic rings. The van der Waals surface area contributed by atoms with E-state index in [0.29, 0.717) is 24.7 Å². The summed E-state index contributed by atoms with van der Waals surface area (Å²) in [6.07, 6.45) is -0.183. The van der Waals surface area contributed by atoms with Crippen molar-refractivity contribution >= 4 is 33.4 Å². The lowest BCUT2D eigenvalue weighted by Gasteiger charge is -2.38. The summed E-state index contributed by atoms with van der Waals surface area (Å²) in [5.41, 5.74) is 6.54. The number of benzene rings is 1. The van der Waals surface area contributed by atoms with Crippen LogP contribution in [0, 0.1) is 0 Å². The molecule has 0 saturated carbocycles. The van der Waals surface area contributed by atoms with Gasteiger partial charge in [-0.2, -0.15) is 0 Å². The highest BCUT2D eigenvalue weighted by Gasteiger charge is 2.33. The maximum Gasteiger partial charge on any atom is 0.237 e. The van der Waals surface area contributed by atoms with E-state index in [-0.39, 0.29) is 12.0 Å². The molecular formula is C13H16BrClN2O2. The number of ether oxygens (including phenoxy) is 1. The molecule has 2 N–H and O–H groups in total. The molecule has 2 atom stereocenters. The highest BCUT2D eigenvalue weighted by molar-refractivity contribution is 9.10. The Labute approximate surface area is 126 Å². The zero-order chi connectivity index (χ0) is 14.0. The number of nitrogens with zero attached hydrogens (tertiary/aromatic N) is 1.